The van der Waals surface area contributed by atoms with Crippen LogP contribution in [0, 0.1) is 13.8 Å². The van der Waals surface area contributed by atoms with Crippen molar-refractivity contribution < 1.29 is 9.32 Å². The largest absolute Gasteiger partial charge is 0.352 e. The van der Waals surface area contributed by atoms with E-state index in [0.29, 0.717) is 29.3 Å². The summed E-state index contributed by atoms with van der Waals surface area (Å²) in [5.74, 6) is 0.709. The van der Waals surface area contributed by atoms with Crippen molar-refractivity contribution in [1.82, 2.24) is 30.1 Å². The first kappa shape index (κ1) is 16.9. The number of fused-ring (bicyclic) bond motifs is 1. The molecule has 0 saturated heterocycles. The van der Waals surface area contributed by atoms with E-state index in [1.807, 2.05) is 19.9 Å². The molecule has 0 aliphatic rings. The van der Waals surface area contributed by atoms with Gasteiger partial charge in [-0.1, -0.05) is 24.9 Å². The Hall–Kier alpha value is -2.97. The molecule has 0 saturated carbocycles. The van der Waals surface area contributed by atoms with Crippen LogP contribution in [0.25, 0.3) is 17.0 Å². The Morgan fingerprint density at radius 1 is 1.40 bits per heavy atom. The lowest BCUT2D eigenvalue weighted by Gasteiger charge is -2.12. The molecule has 0 fully saturated rings. The van der Waals surface area contributed by atoms with Crippen LogP contribution in [0.2, 0.25) is 0 Å². The maximum atomic E-state index is 11.2. The highest BCUT2D eigenvalue weighted by Crippen LogP contribution is 2.25. The summed E-state index contributed by atoms with van der Waals surface area (Å²) in [6, 6.07) is 0.921. The van der Waals surface area contributed by atoms with Crippen molar-refractivity contribution in [3.05, 3.63) is 29.5 Å². The van der Waals surface area contributed by atoms with Crippen LogP contribution in [0.4, 0.5) is 4.79 Å². The van der Waals surface area contributed by atoms with Crippen molar-refractivity contribution in [3.8, 4) is 11.4 Å². The van der Waals surface area contributed by atoms with Gasteiger partial charge in [0.05, 0.1) is 11.8 Å². The topological polar surface area (TPSA) is 124 Å². The minimum absolute atomic E-state index is 0.325. The predicted molar refractivity (Wildman–Crippen MR) is 90.7 cm³/mol. The van der Waals surface area contributed by atoms with E-state index >= 15 is 0 Å². The maximum absolute atomic E-state index is 11.2. The molecular formula is C16H21N7O2. The third kappa shape index (κ3) is 3.44. The summed E-state index contributed by atoms with van der Waals surface area (Å²) in [5.41, 5.74) is 8.44. The van der Waals surface area contributed by atoms with Gasteiger partial charge in [0.25, 0.3) is 0 Å². The first-order chi connectivity index (χ1) is 12.0. The van der Waals surface area contributed by atoms with Gasteiger partial charge >= 0.3 is 6.03 Å². The normalized spacial score (nSPS) is 12.4. The molecule has 3 rings (SSSR count). The van der Waals surface area contributed by atoms with Crippen LogP contribution in [0.1, 0.15) is 49.5 Å². The highest BCUT2D eigenvalue weighted by Gasteiger charge is 2.22. The highest BCUT2D eigenvalue weighted by atomic mass is 16.5. The van der Waals surface area contributed by atoms with Crippen LogP contribution in [-0.2, 0) is 0 Å². The first-order valence-electron chi connectivity index (χ1n) is 8.21. The lowest BCUT2D eigenvalue weighted by atomic mass is 10.1. The van der Waals surface area contributed by atoms with Crippen LogP contribution >= 0.6 is 0 Å². The van der Waals surface area contributed by atoms with Crippen molar-refractivity contribution in [3.63, 3.8) is 0 Å². The smallest absolute Gasteiger partial charge is 0.312 e. The molecule has 3 N–H and O–H groups in total. The number of nitrogens with one attached hydrogen (secondary N) is 1. The zero-order chi connectivity index (χ0) is 18.0. The maximum Gasteiger partial charge on any atom is 0.312 e. The fourth-order valence-corrected chi connectivity index (χ4v) is 2.75. The van der Waals surface area contributed by atoms with Crippen LogP contribution in [0.3, 0.4) is 0 Å². The second-order valence-corrected chi connectivity index (χ2v) is 5.99. The molecule has 9 nitrogen and oxygen atoms in total. The Morgan fingerprint density at radius 2 is 2.20 bits per heavy atom. The summed E-state index contributed by atoms with van der Waals surface area (Å²) >= 11 is 0. The minimum Gasteiger partial charge on any atom is -0.352 e. The van der Waals surface area contributed by atoms with E-state index in [0.717, 1.165) is 24.2 Å². The summed E-state index contributed by atoms with van der Waals surface area (Å²) in [6.45, 7) is 5.94. The third-order valence-corrected chi connectivity index (χ3v) is 3.92. The zero-order valence-electron chi connectivity index (χ0n) is 14.5. The van der Waals surface area contributed by atoms with Crippen molar-refractivity contribution in [2.24, 2.45) is 5.73 Å². The van der Waals surface area contributed by atoms with E-state index in [-0.39, 0.29) is 0 Å². The molecule has 132 valence electrons. The molecule has 0 radical (unpaired) electrons. The molecule has 9 heteroatoms. The number of urea groups is 1. The van der Waals surface area contributed by atoms with Crippen molar-refractivity contribution >= 4 is 11.7 Å². The number of aromatic nitrogens is 5. The number of primary amides is 1. The van der Waals surface area contributed by atoms with E-state index in [9.17, 15) is 4.79 Å². The summed E-state index contributed by atoms with van der Waals surface area (Å²) in [6.07, 6.45) is 4.21. The van der Waals surface area contributed by atoms with Gasteiger partial charge in [-0.25, -0.2) is 14.3 Å². The molecule has 0 aromatic carbocycles. The number of nitrogens with two attached hydrogens (primary N) is 1. The van der Waals surface area contributed by atoms with Crippen molar-refractivity contribution in [2.75, 3.05) is 0 Å². The summed E-state index contributed by atoms with van der Waals surface area (Å²) in [7, 11) is 0. The van der Waals surface area contributed by atoms with Crippen LogP contribution in [-0.4, -0.2) is 30.8 Å². The molecule has 1 atom stereocenters. The fraction of sp³-hybridized carbons (Fsp3) is 0.438. The summed E-state index contributed by atoms with van der Waals surface area (Å²) in [4.78, 5) is 20.2. The van der Waals surface area contributed by atoms with Gasteiger partial charge in [-0.2, -0.15) is 10.1 Å². The third-order valence-electron chi connectivity index (χ3n) is 3.92. The average molecular weight is 343 g/mol. The number of carbonyl (C=O) groups is 1. The zero-order valence-corrected chi connectivity index (χ0v) is 14.5. The Morgan fingerprint density at radius 3 is 2.92 bits per heavy atom. The molecule has 2 amide bonds. The van der Waals surface area contributed by atoms with Crippen LogP contribution in [0.5, 0.6) is 0 Å². The van der Waals surface area contributed by atoms with Gasteiger partial charge in [0.2, 0.25) is 11.7 Å². The molecule has 3 aromatic heterocycles. The first-order valence-corrected chi connectivity index (χ1v) is 8.21. The molecule has 0 aliphatic heterocycles. The minimum atomic E-state index is -0.621. The van der Waals surface area contributed by atoms with Crippen LogP contribution in [0.15, 0.2) is 16.8 Å². The standard InChI is InChI=1S/C16H21N7O2/c1-4-5-6-12(20-16(17)24)15-21-13(22-25-15)11-8-18-23-10(3)7-9(2)19-14(11)23/h7-8,12H,4-6H2,1-3H3,(H3,17,20,24). The van der Waals surface area contributed by atoms with Crippen LogP contribution < -0.4 is 11.1 Å². The molecule has 0 aliphatic carbocycles. The quantitative estimate of drug-likeness (QED) is 0.707. The highest BCUT2D eigenvalue weighted by molar-refractivity contribution is 5.73. The van der Waals surface area contributed by atoms with Gasteiger partial charge < -0.3 is 15.6 Å². The predicted octanol–water partition coefficient (Wildman–Crippen LogP) is 2.30. The molecule has 1 unspecified atom stereocenters. The number of nitrogens with zero attached hydrogens (tertiary/aromatic N) is 5. The van der Waals surface area contributed by atoms with Gasteiger partial charge in [-0.05, 0) is 26.3 Å². The van der Waals surface area contributed by atoms with E-state index in [4.69, 9.17) is 10.3 Å². The number of unbranched alkanes of at least 4 members (excludes halogenated alkanes) is 1. The van der Waals surface area contributed by atoms with Crippen molar-refractivity contribution in [2.45, 2.75) is 46.1 Å². The van der Waals surface area contributed by atoms with Gasteiger partial charge in [0.1, 0.15) is 6.04 Å². The molecule has 3 aromatic rings. The van der Waals surface area contributed by atoms with Crippen molar-refractivity contribution in [1.29, 1.82) is 0 Å². The number of amides is 2. The van der Waals surface area contributed by atoms with Gasteiger partial charge in [-0.3, -0.25) is 0 Å². The lowest BCUT2D eigenvalue weighted by Crippen LogP contribution is -2.33. The number of carbonyl (C=O) groups excluding carboxylic acids is 1. The van der Waals surface area contributed by atoms with E-state index in [1.165, 1.54) is 0 Å². The SMILES string of the molecule is CCCCC(NC(N)=O)c1nc(-c2cnn3c(C)cc(C)nc23)no1. The number of hydrogen-bond acceptors (Lipinski definition) is 6. The number of hydrogen-bond donors (Lipinski definition) is 2. The Balaban J connectivity index is 1.96. The molecular weight excluding hydrogens is 322 g/mol. The van der Waals surface area contributed by atoms with E-state index in [2.05, 4.69) is 32.5 Å². The molecule has 0 spiro atoms. The van der Waals surface area contributed by atoms with Gasteiger partial charge in [0, 0.05) is 11.4 Å². The average Bonchev–Trinajstić information content (AvgIpc) is 3.17. The van der Waals surface area contributed by atoms with E-state index in [1.54, 1.807) is 10.7 Å². The number of rotatable bonds is 6. The number of aryl methyl sites for hydroxylation is 2. The van der Waals surface area contributed by atoms with Gasteiger partial charge in [0.15, 0.2) is 5.65 Å². The summed E-state index contributed by atoms with van der Waals surface area (Å²) in [5, 5.41) is 11.0. The Kier molecular flexibility index (Phi) is 4.64. The second kappa shape index (κ2) is 6.88. The Labute approximate surface area is 144 Å². The summed E-state index contributed by atoms with van der Waals surface area (Å²) < 4.78 is 7.09. The van der Waals surface area contributed by atoms with E-state index < -0.39 is 12.1 Å². The molecule has 25 heavy (non-hydrogen) atoms. The second-order valence-electron chi connectivity index (χ2n) is 5.99. The Bertz CT molecular complexity index is 899. The fourth-order valence-electron chi connectivity index (χ4n) is 2.75. The molecule has 0 bridgehead atoms. The monoisotopic (exact) mass is 343 g/mol. The lowest BCUT2D eigenvalue weighted by molar-refractivity contribution is 0.239. The van der Waals surface area contributed by atoms with Gasteiger partial charge in [-0.15, -0.1) is 0 Å². The molecule has 3 heterocycles.